The second-order valence-electron chi connectivity index (χ2n) is 6.55. The fraction of sp³-hybridized carbons (Fsp3) is 0.529. The lowest BCUT2D eigenvalue weighted by atomic mass is 9.90. The molecule has 1 N–H and O–H groups in total. The molecule has 2 aliphatic heterocycles. The van der Waals surface area contributed by atoms with Gasteiger partial charge in [0, 0.05) is 13.6 Å². The van der Waals surface area contributed by atoms with Gasteiger partial charge in [-0.15, -0.1) is 0 Å². The molecule has 3 rings (SSSR count). The Morgan fingerprint density at radius 1 is 1.36 bits per heavy atom. The molecule has 1 aromatic rings. The molecule has 2 amide bonds. The quantitative estimate of drug-likeness (QED) is 0.848. The van der Waals surface area contributed by atoms with Crippen LogP contribution in [0.3, 0.4) is 0 Å². The number of nitrogens with zero attached hydrogens (tertiary/aromatic N) is 2. The topological polar surface area (TPSA) is 71.1 Å². The summed E-state index contributed by atoms with van der Waals surface area (Å²) in [6.45, 7) is 1.87. The number of likely N-dealkylation sites (N-methyl/N-ethyl adjacent to an activating group) is 2. The van der Waals surface area contributed by atoms with Gasteiger partial charge in [0.25, 0.3) is 5.91 Å². The third-order valence-corrected chi connectivity index (χ3v) is 5.14. The van der Waals surface area contributed by atoms with Gasteiger partial charge in [-0.25, -0.2) is 0 Å². The summed E-state index contributed by atoms with van der Waals surface area (Å²) in [7, 11) is 5.06. The zero-order valence-electron chi connectivity index (χ0n) is 14.5. The van der Waals surface area contributed by atoms with Crippen molar-refractivity contribution in [1.82, 2.24) is 15.1 Å². The summed E-state index contributed by atoms with van der Waals surface area (Å²) in [5.74, 6) is 0.382. The van der Waals surface area contributed by atoms with Crippen LogP contribution in [0.5, 0.6) is 5.75 Å². The molecule has 25 heavy (non-hydrogen) atoms. The van der Waals surface area contributed by atoms with Crippen LogP contribution in [0.25, 0.3) is 0 Å². The van der Waals surface area contributed by atoms with Crippen LogP contribution in [0.1, 0.15) is 10.4 Å². The fourth-order valence-electron chi connectivity index (χ4n) is 3.39. The van der Waals surface area contributed by atoms with Crippen molar-refractivity contribution in [3.8, 4) is 5.75 Å². The molecular weight excluding hydrogens is 346 g/mol. The van der Waals surface area contributed by atoms with E-state index in [0.717, 1.165) is 0 Å². The normalized spacial score (nSPS) is 22.4. The van der Waals surface area contributed by atoms with Gasteiger partial charge in [-0.05, 0) is 25.2 Å². The number of morpholine rings is 1. The summed E-state index contributed by atoms with van der Waals surface area (Å²) in [6.07, 6.45) is 0. The van der Waals surface area contributed by atoms with E-state index in [4.69, 9.17) is 21.1 Å². The number of ether oxygens (including phenoxy) is 2. The second-order valence-corrected chi connectivity index (χ2v) is 6.95. The van der Waals surface area contributed by atoms with Crippen molar-refractivity contribution in [2.45, 2.75) is 11.6 Å². The smallest absolute Gasteiger partial charge is 0.255 e. The Balaban J connectivity index is 1.65. The third kappa shape index (κ3) is 3.31. The highest BCUT2D eigenvalue weighted by atomic mass is 35.5. The summed E-state index contributed by atoms with van der Waals surface area (Å²) >= 11 is 6.16. The minimum absolute atomic E-state index is 0.0623. The SMILES string of the molecule is CNC(=O)[C@@H]1COC2(CN(C(=O)c3cc(OC)ccc3Cl)C2)CN1C. The largest absolute Gasteiger partial charge is 0.497 e. The first-order chi connectivity index (χ1) is 11.9. The lowest BCUT2D eigenvalue weighted by Gasteiger charge is -2.54. The summed E-state index contributed by atoms with van der Waals surface area (Å²) in [6, 6.07) is 4.72. The number of rotatable bonds is 3. The number of methoxy groups -OCH3 is 1. The van der Waals surface area contributed by atoms with Crippen molar-refractivity contribution in [3.05, 3.63) is 28.8 Å². The van der Waals surface area contributed by atoms with E-state index < -0.39 is 5.60 Å². The summed E-state index contributed by atoms with van der Waals surface area (Å²) in [5, 5.41) is 3.04. The van der Waals surface area contributed by atoms with Crippen molar-refractivity contribution >= 4 is 23.4 Å². The van der Waals surface area contributed by atoms with Crippen LogP contribution >= 0.6 is 11.6 Å². The second kappa shape index (κ2) is 6.82. The molecular formula is C17H22ClN3O4. The highest BCUT2D eigenvalue weighted by Crippen LogP contribution is 2.33. The first kappa shape index (κ1) is 18.0. The van der Waals surface area contributed by atoms with E-state index in [1.165, 1.54) is 0 Å². The van der Waals surface area contributed by atoms with Gasteiger partial charge in [-0.2, -0.15) is 0 Å². The van der Waals surface area contributed by atoms with Crippen molar-refractivity contribution in [1.29, 1.82) is 0 Å². The van der Waals surface area contributed by atoms with Crippen LogP contribution in [0.2, 0.25) is 5.02 Å². The average molecular weight is 368 g/mol. The first-order valence-electron chi connectivity index (χ1n) is 8.08. The minimum Gasteiger partial charge on any atom is -0.497 e. The van der Waals surface area contributed by atoms with Crippen LogP contribution in [0, 0.1) is 0 Å². The van der Waals surface area contributed by atoms with E-state index >= 15 is 0 Å². The zero-order valence-corrected chi connectivity index (χ0v) is 15.3. The molecule has 136 valence electrons. The standard InChI is InChI=1S/C17H22ClN3O4/c1-19-15(22)14-7-25-17(8-20(14)2)9-21(10-17)16(23)12-6-11(24-3)4-5-13(12)18/h4-6,14H,7-10H2,1-3H3,(H,19,22)/t14-/m0/s1. The lowest BCUT2D eigenvalue weighted by molar-refractivity contribution is -0.187. The molecule has 1 aromatic carbocycles. The molecule has 0 saturated carbocycles. The van der Waals surface area contributed by atoms with E-state index in [2.05, 4.69) is 5.32 Å². The predicted octanol–water partition coefficient (Wildman–Crippen LogP) is 0.620. The van der Waals surface area contributed by atoms with E-state index in [1.807, 2.05) is 11.9 Å². The number of nitrogens with one attached hydrogen (secondary N) is 1. The maximum absolute atomic E-state index is 12.7. The van der Waals surface area contributed by atoms with Crippen LogP contribution in [0.4, 0.5) is 0 Å². The molecule has 2 aliphatic rings. The molecule has 1 atom stereocenters. The average Bonchev–Trinajstić information content (AvgIpc) is 2.58. The predicted molar refractivity (Wildman–Crippen MR) is 93.1 cm³/mol. The number of hydrogen-bond acceptors (Lipinski definition) is 5. The Labute approximate surface area is 151 Å². The van der Waals surface area contributed by atoms with Crippen LogP contribution in [-0.4, -0.2) is 80.7 Å². The van der Waals surface area contributed by atoms with E-state index in [0.29, 0.717) is 42.6 Å². The Kier molecular flexibility index (Phi) is 4.90. The van der Waals surface area contributed by atoms with Gasteiger partial charge in [-0.3, -0.25) is 14.5 Å². The molecule has 2 saturated heterocycles. The third-order valence-electron chi connectivity index (χ3n) is 4.82. The lowest BCUT2D eigenvalue weighted by Crippen LogP contribution is -2.73. The van der Waals surface area contributed by atoms with Crippen LogP contribution in [-0.2, 0) is 9.53 Å². The number of amides is 2. The number of halogens is 1. The highest BCUT2D eigenvalue weighted by Gasteiger charge is 2.51. The molecule has 0 unspecified atom stereocenters. The fourth-order valence-corrected chi connectivity index (χ4v) is 3.58. The van der Waals surface area contributed by atoms with Crippen molar-refractivity contribution in [2.75, 3.05) is 47.4 Å². The monoisotopic (exact) mass is 367 g/mol. The van der Waals surface area contributed by atoms with Gasteiger partial charge >= 0.3 is 0 Å². The Morgan fingerprint density at radius 3 is 2.68 bits per heavy atom. The van der Waals surface area contributed by atoms with Crippen molar-refractivity contribution in [3.63, 3.8) is 0 Å². The Bertz CT molecular complexity index is 690. The molecule has 0 aliphatic carbocycles. The van der Waals surface area contributed by atoms with Gasteiger partial charge in [0.05, 0.1) is 37.4 Å². The van der Waals surface area contributed by atoms with E-state index in [1.54, 1.807) is 37.3 Å². The molecule has 0 aromatic heterocycles. The molecule has 0 bridgehead atoms. The van der Waals surface area contributed by atoms with Crippen LogP contribution < -0.4 is 10.1 Å². The van der Waals surface area contributed by atoms with Crippen LogP contribution in [0.15, 0.2) is 18.2 Å². The van der Waals surface area contributed by atoms with Crippen molar-refractivity contribution < 1.29 is 19.1 Å². The maximum Gasteiger partial charge on any atom is 0.255 e. The highest BCUT2D eigenvalue weighted by molar-refractivity contribution is 6.33. The maximum atomic E-state index is 12.7. The zero-order chi connectivity index (χ0) is 18.2. The summed E-state index contributed by atoms with van der Waals surface area (Å²) in [4.78, 5) is 28.2. The van der Waals surface area contributed by atoms with Crippen molar-refractivity contribution in [2.24, 2.45) is 0 Å². The Morgan fingerprint density at radius 2 is 2.08 bits per heavy atom. The van der Waals surface area contributed by atoms with Gasteiger partial charge in [-0.1, -0.05) is 11.6 Å². The van der Waals surface area contributed by atoms with Gasteiger partial charge in [0.2, 0.25) is 5.91 Å². The van der Waals surface area contributed by atoms with E-state index in [-0.39, 0.29) is 17.9 Å². The summed E-state index contributed by atoms with van der Waals surface area (Å²) < 4.78 is 11.1. The molecule has 0 radical (unpaired) electrons. The van der Waals surface area contributed by atoms with Gasteiger partial charge in [0.1, 0.15) is 17.4 Å². The molecule has 7 nitrogen and oxygen atoms in total. The van der Waals surface area contributed by atoms with Gasteiger partial charge < -0.3 is 19.7 Å². The molecule has 8 heteroatoms. The van der Waals surface area contributed by atoms with Gasteiger partial charge in [0.15, 0.2) is 0 Å². The molecule has 1 spiro atoms. The minimum atomic E-state index is -0.416. The molecule has 2 heterocycles. The number of carbonyl (C=O) groups excluding carboxylic acids is 2. The van der Waals surface area contributed by atoms with E-state index in [9.17, 15) is 9.59 Å². The number of hydrogen-bond donors (Lipinski definition) is 1. The molecule has 2 fully saturated rings. The Hall–Kier alpha value is -1.83. The summed E-state index contributed by atoms with van der Waals surface area (Å²) in [5.41, 5.74) is 0.00330. The first-order valence-corrected chi connectivity index (χ1v) is 8.45. The number of benzene rings is 1. The number of carbonyl (C=O) groups is 2. The number of likely N-dealkylation sites (tertiary alicyclic amines) is 1.